The Hall–Kier alpha value is -9.22. The third-order valence-corrected chi connectivity index (χ3v) is 17.0. The third-order valence-electron chi connectivity index (χ3n) is 11.2. The Morgan fingerprint density at radius 2 is 1.22 bits per heavy atom. The molecule has 1 aliphatic heterocycles. The zero-order chi connectivity index (χ0) is 70.5. The van der Waals surface area contributed by atoms with Gasteiger partial charge in [-0.3, -0.25) is 34.9 Å². The van der Waals surface area contributed by atoms with Gasteiger partial charge in [0.05, 0.1) is 62.8 Å². The number of nitrogens with zero attached hydrogens (tertiary/aromatic N) is 6. The second-order valence-corrected chi connectivity index (χ2v) is 25.7. The number of benzene rings is 2. The van der Waals surface area contributed by atoms with E-state index in [0.717, 1.165) is 37.2 Å². The number of urea groups is 2. The molecule has 5 aromatic rings. The first kappa shape index (κ1) is 77.2. The molecule has 7 rings (SSSR count). The highest BCUT2D eigenvalue weighted by atomic mass is 35.5. The Bertz CT molecular complexity index is 4060. The van der Waals surface area contributed by atoms with Crippen LogP contribution in [-0.2, 0) is 58.4 Å². The third kappa shape index (κ3) is 23.4. The molecule has 0 fully saturated rings. The van der Waals surface area contributed by atoms with Gasteiger partial charge in [0.2, 0.25) is 35.4 Å². The second kappa shape index (κ2) is 34.6. The Morgan fingerprint density at radius 1 is 0.723 bits per heavy atom. The number of carboxylic acids is 2. The van der Waals surface area contributed by atoms with Crippen LogP contribution in [0.1, 0.15) is 55.5 Å². The molecule has 9 N–H and O–H groups in total. The number of alkyl halides is 4. The molecule has 3 aromatic heterocycles. The fraction of sp³-hybridized carbons (Fsp3) is 0.280. The molecular formula is C50H52Cl2F4N11O23PS3. The lowest BCUT2D eigenvalue weighted by atomic mass is 9.93. The molecule has 0 spiro atoms. The number of esters is 1. The fourth-order valence-corrected chi connectivity index (χ4v) is 11.7. The van der Waals surface area contributed by atoms with E-state index in [1.807, 2.05) is 0 Å². The lowest BCUT2D eigenvalue weighted by molar-refractivity contribution is -0.138. The van der Waals surface area contributed by atoms with Gasteiger partial charge in [0.15, 0.2) is 14.9 Å². The molecule has 4 heterocycles. The molecule has 2 aliphatic rings. The first-order valence-corrected chi connectivity index (χ1v) is 33.0. The normalized spacial score (nSPS) is 13.1. The van der Waals surface area contributed by atoms with E-state index in [1.165, 1.54) is 61.1 Å². The van der Waals surface area contributed by atoms with Crippen molar-refractivity contribution in [2.24, 2.45) is 0 Å². The number of aromatic carboxylic acids is 1. The number of carbonyl (C=O) groups excluding carboxylic acids is 5. The van der Waals surface area contributed by atoms with Crippen molar-refractivity contribution in [1.29, 1.82) is 0 Å². The fourth-order valence-electron chi connectivity index (χ4n) is 7.34. The predicted octanol–water partition coefficient (Wildman–Crippen LogP) is 5.10. The van der Waals surface area contributed by atoms with Crippen LogP contribution < -0.4 is 49.2 Å². The number of carboxylic acid groups (broad SMARTS) is 2. The Balaban J connectivity index is 0.000000280. The average molecular weight is 1450 g/mol. The van der Waals surface area contributed by atoms with E-state index >= 15 is 0 Å². The number of aliphatic carboxylic acids is 1. The van der Waals surface area contributed by atoms with Crippen LogP contribution in [0.25, 0.3) is 6.08 Å². The Morgan fingerprint density at radius 3 is 1.70 bits per heavy atom. The van der Waals surface area contributed by atoms with E-state index < -0.39 is 132 Å². The highest BCUT2D eigenvalue weighted by Crippen LogP contribution is 2.37. The van der Waals surface area contributed by atoms with Crippen LogP contribution in [0.2, 0.25) is 5.02 Å². The molecular weight excluding hydrogens is 1400 g/mol. The molecule has 1 aliphatic carbocycles. The summed E-state index contributed by atoms with van der Waals surface area (Å²) in [4.78, 5) is 116. The topological polar surface area (TPSA) is 494 Å². The number of hydrogen-bond acceptors (Lipinski definition) is 25. The average Bonchev–Trinajstić information content (AvgIpc) is 1.54. The monoisotopic (exact) mass is 1450 g/mol. The number of sulfone groups is 1. The lowest BCUT2D eigenvalue weighted by Gasteiger charge is -2.16. The van der Waals surface area contributed by atoms with E-state index in [1.54, 1.807) is 35.2 Å². The summed E-state index contributed by atoms with van der Waals surface area (Å²) in [5.41, 5.74) is 1.40. The highest BCUT2D eigenvalue weighted by molar-refractivity contribution is 7.93. The van der Waals surface area contributed by atoms with Gasteiger partial charge in [-0.2, -0.15) is 45.9 Å². The minimum Gasteiger partial charge on any atom is -0.481 e. The summed E-state index contributed by atoms with van der Waals surface area (Å²) in [6.45, 7) is -4.03. The molecule has 0 atom stereocenters. The minimum absolute atomic E-state index is 0.0612. The molecule has 44 heteroatoms. The van der Waals surface area contributed by atoms with Crippen LogP contribution in [0.3, 0.4) is 0 Å². The zero-order valence-electron chi connectivity index (χ0n) is 48.5. The number of methoxy groups -OCH3 is 2. The van der Waals surface area contributed by atoms with Gasteiger partial charge in [-0.15, -0.1) is 0 Å². The number of imide groups is 1. The summed E-state index contributed by atoms with van der Waals surface area (Å²) in [7, 11) is -14.7. The maximum Gasteiger partial charge on any atom is 0.388 e. The van der Waals surface area contributed by atoms with Crippen LogP contribution in [0.15, 0.2) is 104 Å². The van der Waals surface area contributed by atoms with E-state index in [-0.39, 0.29) is 46.9 Å². The van der Waals surface area contributed by atoms with Gasteiger partial charge >= 0.3 is 50.8 Å². The zero-order valence-corrected chi connectivity index (χ0v) is 53.3. The van der Waals surface area contributed by atoms with Gasteiger partial charge < -0.3 is 43.7 Å². The number of pyridine rings is 1. The number of hydrogen-bond donors (Lipinski definition) is 9. The maximum absolute atomic E-state index is 12.7. The molecule has 0 unspecified atom stereocenters. The van der Waals surface area contributed by atoms with Crippen LogP contribution >= 0.6 is 30.8 Å². The highest BCUT2D eigenvalue weighted by Gasteiger charge is 2.40. The molecule has 0 radical (unpaired) electrons. The van der Waals surface area contributed by atoms with Crippen molar-refractivity contribution in [2.75, 3.05) is 54.9 Å². The van der Waals surface area contributed by atoms with Crippen molar-refractivity contribution in [2.45, 2.75) is 67.6 Å². The Labute approximate surface area is 539 Å². The van der Waals surface area contributed by atoms with Gasteiger partial charge in [-0.25, -0.2) is 55.3 Å². The number of halogens is 6. The first-order chi connectivity index (χ1) is 43.9. The second-order valence-electron chi connectivity index (χ2n) is 17.7. The van der Waals surface area contributed by atoms with Crippen molar-refractivity contribution in [1.82, 2.24) is 39.7 Å². The number of anilines is 3. The van der Waals surface area contributed by atoms with Crippen LogP contribution in [0.4, 0.5) is 44.7 Å². The van der Waals surface area contributed by atoms with E-state index in [2.05, 4.69) is 45.0 Å². The van der Waals surface area contributed by atoms with Crippen molar-refractivity contribution in [3.63, 3.8) is 0 Å². The number of amides is 6. The molecule has 2 aromatic carbocycles. The first-order valence-electron chi connectivity index (χ1n) is 25.8. The SMILES string of the molecule is CCOC(=O)/C(Cl)=C/c1cc(N2C(=O)C3=C(CCCC3)C2=O)ccc1Cl.CCS(=O)(=O)c1cccnc1S(=O)(=O)NC(=O)Nc1nc(OC)cc(OC)n1.O=C(Nc1nc(OC(F)F)cc(OC(F)F)n1)NS(=O)(=O)c1ccccc1C(=O)O.O=C(O)CNCP(=O)(O)O. The Kier molecular flexibility index (Phi) is 28.4. The lowest BCUT2D eigenvalue weighted by Crippen LogP contribution is -2.36. The number of sulfonamides is 2. The van der Waals surface area contributed by atoms with Crippen molar-refractivity contribution in [3.05, 3.63) is 105 Å². The number of rotatable bonds is 23. The quantitative estimate of drug-likeness (QED) is 0.0135. The summed E-state index contributed by atoms with van der Waals surface area (Å²) in [6.07, 6.45) is 4.95. The van der Waals surface area contributed by atoms with Crippen molar-refractivity contribution in [3.8, 4) is 23.5 Å². The van der Waals surface area contributed by atoms with Crippen molar-refractivity contribution < 1.29 is 125 Å². The van der Waals surface area contributed by atoms with Gasteiger partial charge in [0.25, 0.3) is 31.9 Å². The summed E-state index contributed by atoms with van der Waals surface area (Å²) in [6, 6.07) is 10.4. The number of aromatic nitrogens is 5. The molecule has 510 valence electrons. The van der Waals surface area contributed by atoms with Crippen LogP contribution in [0.5, 0.6) is 23.5 Å². The largest absolute Gasteiger partial charge is 0.481 e. The minimum atomic E-state index is -4.71. The maximum atomic E-state index is 12.7. The standard InChI is InChI=1S/C19H17Cl2NO4.C14H10F4N4O7S.C14H17N5O7S2.C3H8NO5P/c1-2-26-19(25)16(21)10-11-9-12(7-8-15(11)20)22-17(23)13-5-3-4-6-14(13)18(22)24;15-11(16)28-8-5-9(29-12(17)18)20-13(19-8)21-14(25)22-30(26,27)7-4-2-1-3-6(7)10(23)24;1-4-27(21,22)9-6-5-7-15-12(9)28(23,24)19-14(20)18-13-16-10(25-2)8-11(17-13)26-3;5-3(6)1-4-2-10(7,8)9/h7-10H,2-6H2,1H3;1-5,11-12H,(H,23,24)(H2,19,20,21,22,25);5-8H,4H2,1-3H3,(H2,16,17,18,19,20);4H,1-2H2,(H,5,6)(H2,7,8,9)/b16-10-;;;. The smallest absolute Gasteiger partial charge is 0.388 e. The molecule has 0 bridgehead atoms. The van der Waals surface area contributed by atoms with Gasteiger partial charge in [-0.1, -0.05) is 42.3 Å². The summed E-state index contributed by atoms with van der Waals surface area (Å²) < 4.78 is 159. The number of ether oxygens (including phenoxy) is 5. The molecule has 6 amide bonds. The van der Waals surface area contributed by atoms with Crippen molar-refractivity contribution >= 4 is 126 Å². The van der Waals surface area contributed by atoms with Gasteiger partial charge in [0, 0.05) is 22.4 Å². The summed E-state index contributed by atoms with van der Waals surface area (Å²) >= 11 is 12.1. The van der Waals surface area contributed by atoms with E-state index in [0.29, 0.717) is 46.3 Å². The number of carbonyl (C=O) groups is 7. The number of nitrogens with one attached hydrogen (secondary N) is 5. The molecule has 34 nitrogen and oxygen atoms in total. The van der Waals surface area contributed by atoms with Gasteiger partial charge in [-0.05, 0) is 86.7 Å². The van der Waals surface area contributed by atoms with E-state index in [9.17, 15) is 80.9 Å². The molecule has 94 heavy (non-hydrogen) atoms. The molecule has 0 saturated heterocycles. The summed E-state index contributed by atoms with van der Waals surface area (Å²) in [5.74, 6) is -7.34. The van der Waals surface area contributed by atoms with Crippen LogP contribution in [-0.4, -0.2) is 165 Å². The van der Waals surface area contributed by atoms with Crippen LogP contribution in [0, 0.1) is 0 Å². The predicted molar refractivity (Wildman–Crippen MR) is 317 cm³/mol. The van der Waals surface area contributed by atoms with Gasteiger partial charge in [0.1, 0.15) is 14.8 Å². The molecule has 0 saturated carbocycles. The summed E-state index contributed by atoms with van der Waals surface area (Å²) in [5, 5.41) is 22.3. The van der Waals surface area contributed by atoms with E-state index in [4.69, 9.17) is 57.4 Å².